The van der Waals surface area contributed by atoms with Crippen molar-refractivity contribution < 1.29 is 27.4 Å². The van der Waals surface area contributed by atoms with E-state index in [2.05, 4.69) is 15.0 Å². The number of nitrogens with zero attached hydrogens (tertiary/aromatic N) is 2. The van der Waals surface area contributed by atoms with Gasteiger partial charge in [0.05, 0.1) is 34.1 Å². The van der Waals surface area contributed by atoms with Crippen molar-refractivity contribution in [3.05, 3.63) is 57.6 Å². The number of anilines is 2. The molecular weight excluding hydrogens is 481 g/mol. The number of amidine groups is 1. The predicted octanol–water partition coefficient (Wildman–Crippen LogP) is 1.52. The number of aromatic carboxylic acids is 1. The first-order valence-electron chi connectivity index (χ1n) is 10.6. The Labute approximate surface area is 198 Å². The number of hydrogen-bond donors (Lipinski definition) is 4. The van der Waals surface area contributed by atoms with Gasteiger partial charge in [-0.05, 0) is 19.1 Å². The number of rotatable bonds is 5. The van der Waals surface area contributed by atoms with Gasteiger partial charge in [0.2, 0.25) is 5.43 Å². The summed E-state index contributed by atoms with van der Waals surface area (Å²) in [6, 6.07) is 6.08. The van der Waals surface area contributed by atoms with Gasteiger partial charge >= 0.3 is 5.97 Å². The minimum absolute atomic E-state index is 0.0402. The van der Waals surface area contributed by atoms with Crippen molar-refractivity contribution in [2.75, 3.05) is 30.7 Å². The first kappa shape index (κ1) is 22.7. The van der Waals surface area contributed by atoms with Crippen molar-refractivity contribution in [3.8, 4) is 5.75 Å². The summed E-state index contributed by atoms with van der Waals surface area (Å²) in [5.74, 6) is -2.17. The average Bonchev–Trinajstić information content (AvgIpc) is 3.08. The minimum atomic E-state index is -3.68. The molecule has 5 N–H and O–H groups in total. The topological polar surface area (TPSA) is 165 Å². The lowest BCUT2D eigenvalue weighted by molar-refractivity contribution is 0.0694. The Morgan fingerprint density at radius 3 is 2.89 bits per heavy atom. The Hall–Kier alpha value is -4.13. The van der Waals surface area contributed by atoms with E-state index in [4.69, 9.17) is 10.5 Å². The Kier molecular flexibility index (Phi) is 5.16. The molecule has 0 bridgehead atoms. The van der Waals surface area contributed by atoms with E-state index in [9.17, 15) is 23.1 Å². The molecule has 0 amide bonds. The number of halogens is 1. The Bertz CT molecular complexity index is 1620. The zero-order valence-electron chi connectivity index (χ0n) is 18.3. The van der Waals surface area contributed by atoms with Gasteiger partial charge in [-0.25, -0.2) is 17.6 Å². The van der Waals surface area contributed by atoms with Crippen LogP contribution in [0.1, 0.15) is 28.9 Å². The average molecular weight is 501 g/mol. The molecule has 2 aromatic carbocycles. The van der Waals surface area contributed by atoms with Crippen molar-refractivity contribution in [2.24, 2.45) is 4.99 Å². The Morgan fingerprint density at radius 2 is 2.14 bits per heavy atom. The largest absolute Gasteiger partial charge is 0.487 e. The van der Waals surface area contributed by atoms with Crippen LogP contribution in [0.2, 0.25) is 0 Å². The lowest BCUT2D eigenvalue weighted by Gasteiger charge is -2.29. The second-order valence-corrected chi connectivity index (χ2v) is 9.81. The minimum Gasteiger partial charge on any atom is -0.487 e. The van der Waals surface area contributed by atoms with Crippen LogP contribution in [0.5, 0.6) is 5.75 Å². The monoisotopic (exact) mass is 501 g/mol. The molecule has 0 saturated carbocycles. The van der Waals surface area contributed by atoms with Crippen LogP contribution in [0.15, 0.2) is 45.1 Å². The van der Waals surface area contributed by atoms with Crippen LogP contribution >= 0.6 is 0 Å². The highest BCUT2D eigenvalue weighted by Crippen LogP contribution is 2.43. The second-order valence-electron chi connectivity index (χ2n) is 8.16. The molecule has 0 spiro atoms. The van der Waals surface area contributed by atoms with Crippen molar-refractivity contribution >= 4 is 44.1 Å². The quantitative estimate of drug-likeness (QED) is 0.302. The molecule has 2 aliphatic rings. The van der Waals surface area contributed by atoms with E-state index in [1.54, 1.807) is 29.7 Å². The van der Waals surface area contributed by atoms with Gasteiger partial charge in [-0.3, -0.25) is 14.5 Å². The molecule has 182 valence electrons. The molecule has 1 atom stereocenters. The molecule has 2 aliphatic heterocycles. The summed E-state index contributed by atoms with van der Waals surface area (Å²) in [5.41, 5.74) is 4.60. The van der Waals surface area contributed by atoms with Crippen LogP contribution in [0.4, 0.5) is 15.8 Å². The number of benzene rings is 2. The molecule has 13 heteroatoms. The normalized spacial score (nSPS) is 18.7. The molecular formula is C22H20FN5O6S. The standard InChI is InChI=1S/C22H20FN5O6S/c1-10-9-34-20-17(15(23)16(24)14-18(20)28(10)8-12(19(14)29)22(30)31)25-6-7-26-21-11-4-2-3-5-13(11)35(32,33)27-21/h2-5,8,10,25H,6-7,9,24H2,1H3,(H,26,27)(H,30,31)/t10-/m0/s1. The molecule has 0 unspecified atom stereocenters. The molecule has 1 aromatic heterocycles. The number of nitrogen functional groups attached to an aromatic ring is 1. The number of ether oxygens (including phenoxy) is 1. The van der Waals surface area contributed by atoms with Crippen molar-refractivity contribution in [2.45, 2.75) is 17.9 Å². The summed E-state index contributed by atoms with van der Waals surface area (Å²) in [7, 11) is -3.68. The predicted molar refractivity (Wildman–Crippen MR) is 126 cm³/mol. The molecule has 0 saturated heterocycles. The summed E-state index contributed by atoms with van der Waals surface area (Å²) >= 11 is 0. The van der Waals surface area contributed by atoms with Gasteiger partial charge in [0.1, 0.15) is 23.7 Å². The number of pyridine rings is 1. The smallest absolute Gasteiger partial charge is 0.341 e. The summed E-state index contributed by atoms with van der Waals surface area (Å²) in [4.78, 5) is 28.7. The Morgan fingerprint density at radius 1 is 1.40 bits per heavy atom. The fraction of sp³-hybridized carbons (Fsp3) is 0.227. The summed E-state index contributed by atoms with van der Waals surface area (Å²) < 4.78 is 49.4. The van der Waals surface area contributed by atoms with Crippen LogP contribution in [0.3, 0.4) is 0 Å². The van der Waals surface area contributed by atoms with E-state index in [1.807, 2.05) is 0 Å². The number of carbonyl (C=O) groups is 1. The van der Waals surface area contributed by atoms with E-state index in [0.29, 0.717) is 5.56 Å². The Balaban J connectivity index is 1.51. The summed E-state index contributed by atoms with van der Waals surface area (Å²) in [5, 5.41) is 12.0. The molecule has 3 aromatic rings. The van der Waals surface area contributed by atoms with Crippen LogP contribution in [-0.2, 0) is 10.0 Å². The SMILES string of the molecule is C[C@H]1COc2c(NCCN=C3NS(=O)(=O)c4ccccc43)c(F)c(N)c3c(=O)c(C(=O)O)cn1c23. The third-order valence-corrected chi connectivity index (χ3v) is 7.32. The number of sulfonamides is 1. The maximum Gasteiger partial charge on any atom is 0.341 e. The lowest BCUT2D eigenvalue weighted by atomic mass is 10.0. The van der Waals surface area contributed by atoms with Gasteiger partial charge in [0.15, 0.2) is 11.6 Å². The van der Waals surface area contributed by atoms with E-state index in [-0.39, 0.29) is 58.8 Å². The van der Waals surface area contributed by atoms with E-state index in [0.717, 1.165) is 0 Å². The van der Waals surface area contributed by atoms with Crippen LogP contribution in [0, 0.1) is 5.82 Å². The zero-order valence-corrected chi connectivity index (χ0v) is 19.1. The van der Waals surface area contributed by atoms with Gasteiger partial charge in [0, 0.05) is 18.3 Å². The first-order chi connectivity index (χ1) is 16.6. The summed E-state index contributed by atoms with van der Waals surface area (Å²) in [6.07, 6.45) is 1.21. The molecule has 5 rings (SSSR count). The van der Waals surface area contributed by atoms with Crippen LogP contribution in [-0.4, -0.2) is 49.6 Å². The molecule has 11 nitrogen and oxygen atoms in total. The van der Waals surface area contributed by atoms with E-state index in [1.165, 1.54) is 12.3 Å². The van der Waals surface area contributed by atoms with Gasteiger partial charge in [-0.15, -0.1) is 0 Å². The number of fused-ring (bicyclic) bond motifs is 1. The lowest BCUT2D eigenvalue weighted by Crippen LogP contribution is -2.28. The van der Waals surface area contributed by atoms with Gasteiger partial charge in [-0.2, -0.15) is 0 Å². The van der Waals surface area contributed by atoms with Gasteiger partial charge in [-0.1, -0.05) is 12.1 Å². The maximum absolute atomic E-state index is 15.3. The van der Waals surface area contributed by atoms with E-state index < -0.39 is 38.5 Å². The number of aromatic nitrogens is 1. The number of aliphatic imine (C=N–C) groups is 1. The zero-order chi connectivity index (χ0) is 25.1. The molecule has 0 aliphatic carbocycles. The number of nitrogens with one attached hydrogen (secondary N) is 2. The second kappa shape index (κ2) is 7.98. The third-order valence-electron chi connectivity index (χ3n) is 5.92. The highest BCUT2D eigenvalue weighted by atomic mass is 32.2. The van der Waals surface area contributed by atoms with Crippen LogP contribution in [0.25, 0.3) is 10.9 Å². The third kappa shape index (κ3) is 3.46. The van der Waals surface area contributed by atoms with Crippen molar-refractivity contribution in [3.63, 3.8) is 0 Å². The highest BCUT2D eigenvalue weighted by molar-refractivity contribution is 7.90. The first-order valence-corrected chi connectivity index (χ1v) is 12.1. The maximum atomic E-state index is 15.3. The number of nitrogens with two attached hydrogens (primary N) is 1. The molecule has 0 fully saturated rings. The summed E-state index contributed by atoms with van der Waals surface area (Å²) in [6.45, 7) is 2.04. The van der Waals surface area contributed by atoms with Gasteiger partial charge in [0.25, 0.3) is 10.0 Å². The number of hydrogen-bond acceptors (Lipinski definition) is 8. The van der Waals surface area contributed by atoms with Crippen LogP contribution < -0.4 is 25.9 Å². The molecule has 0 radical (unpaired) electrons. The molecule has 35 heavy (non-hydrogen) atoms. The number of carboxylic acid groups (broad SMARTS) is 1. The highest BCUT2D eigenvalue weighted by Gasteiger charge is 2.31. The fourth-order valence-electron chi connectivity index (χ4n) is 4.26. The number of carboxylic acids is 1. The van der Waals surface area contributed by atoms with Crippen molar-refractivity contribution in [1.29, 1.82) is 0 Å². The van der Waals surface area contributed by atoms with Crippen molar-refractivity contribution in [1.82, 2.24) is 9.29 Å². The molecule has 3 heterocycles. The van der Waals surface area contributed by atoms with Gasteiger partial charge < -0.3 is 25.5 Å². The van der Waals surface area contributed by atoms with E-state index >= 15 is 4.39 Å². The fourth-order valence-corrected chi connectivity index (χ4v) is 5.51.